The molecule has 0 atom stereocenters. The van der Waals surface area contributed by atoms with Crippen LogP contribution in [0.3, 0.4) is 0 Å². The second-order valence-electron chi connectivity index (χ2n) is 5.29. The first-order valence-corrected chi connectivity index (χ1v) is 7.32. The number of hydrogen-bond donors (Lipinski definition) is 2. The summed E-state index contributed by atoms with van der Waals surface area (Å²) in [4.78, 5) is 26.6. The number of carbonyl (C=O) groups excluding carboxylic acids is 1. The minimum absolute atomic E-state index is 0.231. The Labute approximate surface area is 127 Å². The van der Waals surface area contributed by atoms with E-state index in [0.29, 0.717) is 6.42 Å². The molecular formula is C17H17NO4. The lowest BCUT2D eigenvalue weighted by Crippen LogP contribution is -2.15. The molecule has 0 bridgehead atoms. The van der Waals surface area contributed by atoms with Crippen molar-refractivity contribution in [3.63, 3.8) is 0 Å². The number of esters is 1. The number of aliphatic carboxylic acids is 1. The topological polar surface area (TPSA) is 79.4 Å². The van der Waals surface area contributed by atoms with Gasteiger partial charge in [-0.3, -0.25) is 4.79 Å². The summed E-state index contributed by atoms with van der Waals surface area (Å²) in [7, 11) is 0. The van der Waals surface area contributed by atoms with Crippen molar-refractivity contribution in [1.29, 1.82) is 0 Å². The number of H-pyrrole nitrogens is 1. The molecule has 0 amide bonds. The normalized spacial score (nSPS) is 15.7. The molecule has 5 nitrogen and oxygen atoms in total. The van der Waals surface area contributed by atoms with E-state index in [4.69, 9.17) is 9.84 Å². The highest BCUT2D eigenvalue weighted by molar-refractivity contribution is 6.06. The average molecular weight is 299 g/mol. The number of carboxylic acids is 1. The van der Waals surface area contributed by atoms with Crippen molar-refractivity contribution in [3.8, 4) is 0 Å². The van der Waals surface area contributed by atoms with Gasteiger partial charge in [-0.2, -0.15) is 0 Å². The molecule has 1 aliphatic rings. The van der Waals surface area contributed by atoms with Gasteiger partial charge in [0, 0.05) is 17.1 Å². The number of allylic oxidation sites excluding steroid dienone is 1. The highest BCUT2D eigenvalue weighted by Crippen LogP contribution is 2.38. The van der Waals surface area contributed by atoms with Crippen LogP contribution in [0.4, 0.5) is 0 Å². The Morgan fingerprint density at radius 1 is 1.32 bits per heavy atom. The van der Waals surface area contributed by atoms with Crippen LogP contribution in [0.15, 0.2) is 30.0 Å². The van der Waals surface area contributed by atoms with Gasteiger partial charge in [-0.1, -0.05) is 12.1 Å². The zero-order valence-corrected chi connectivity index (χ0v) is 12.3. The second kappa shape index (κ2) is 5.67. The Hall–Kier alpha value is -2.56. The zero-order valence-electron chi connectivity index (χ0n) is 12.3. The number of benzene rings is 1. The summed E-state index contributed by atoms with van der Waals surface area (Å²) in [6.07, 6.45) is 3.09. The van der Waals surface area contributed by atoms with Crippen LogP contribution in [0, 0.1) is 0 Å². The molecule has 0 aliphatic heterocycles. The molecule has 2 aromatic rings. The largest absolute Gasteiger partial charge is 0.481 e. The van der Waals surface area contributed by atoms with Gasteiger partial charge in [0.05, 0.1) is 18.6 Å². The Morgan fingerprint density at radius 2 is 2.14 bits per heavy atom. The van der Waals surface area contributed by atoms with Crippen molar-refractivity contribution in [3.05, 3.63) is 41.1 Å². The Morgan fingerprint density at radius 3 is 2.86 bits per heavy atom. The molecule has 0 saturated carbocycles. The Balaban J connectivity index is 2.20. The van der Waals surface area contributed by atoms with E-state index < -0.39 is 11.9 Å². The summed E-state index contributed by atoms with van der Waals surface area (Å²) < 4.78 is 5.06. The predicted octanol–water partition coefficient (Wildman–Crippen LogP) is 2.91. The average Bonchev–Trinajstić information content (AvgIpc) is 2.91. The molecule has 0 unspecified atom stereocenters. The van der Waals surface area contributed by atoms with Crippen molar-refractivity contribution >= 4 is 28.4 Å². The van der Waals surface area contributed by atoms with Gasteiger partial charge in [-0.15, -0.1) is 0 Å². The number of nitrogens with one attached hydrogen (secondary N) is 1. The lowest BCUT2D eigenvalue weighted by Gasteiger charge is -2.19. The molecule has 0 fully saturated rings. The van der Waals surface area contributed by atoms with Crippen molar-refractivity contribution in [2.24, 2.45) is 0 Å². The van der Waals surface area contributed by atoms with Crippen LogP contribution in [-0.2, 0) is 20.7 Å². The van der Waals surface area contributed by atoms with E-state index >= 15 is 0 Å². The minimum Gasteiger partial charge on any atom is -0.481 e. The van der Waals surface area contributed by atoms with Crippen LogP contribution in [0.1, 0.15) is 30.9 Å². The molecule has 114 valence electrons. The van der Waals surface area contributed by atoms with Crippen molar-refractivity contribution in [2.75, 3.05) is 6.61 Å². The van der Waals surface area contributed by atoms with Crippen LogP contribution in [0.5, 0.6) is 0 Å². The molecule has 1 aliphatic carbocycles. The van der Waals surface area contributed by atoms with E-state index in [0.717, 1.165) is 28.5 Å². The maximum absolute atomic E-state index is 12.2. The molecule has 0 saturated heterocycles. The lowest BCUT2D eigenvalue weighted by atomic mass is 9.85. The maximum Gasteiger partial charge on any atom is 0.334 e. The number of hydrogen-bond acceptors (Lipinski definition) is 3. The van der Waals surface area contributed by atoms with Gasteiger partial charge in [-0.25, -0.2) is 4.79 Å². The van der Waals surface area contributed by atoms with E-state index in [1.807, 2.05) is 24.4 Å². The number of carbonyl (C=O) groups is 2. The number of carboxylic acid groups (broad SMARTS) is 1. The molecule has 1 aromatic carbocycles. The number of aromatic amines is 1. The number of rotatable bonds is 4. The summed E-state index contributed by atoms with van der Waals surface area (Å²) in [6, 6.07) is 5.83. The summed E-state index contributed by atoms with van der Waals surface area (Å²) >= 11 is 0. The number of aromatic nitrogens is 1. The van der Waals surface area contributed by atoms with Crippen molar-refractivity contribution in [2.45, 2.75) is 26.2 Å². The van der Waals surface area contributed by atoms with E-state index in [9.17, 15) is 9.59 Å². The predicted molar refractivity (Wildman–Crippen MR) is 82.4 cm³/mol. The van der Waals surface area contributed by atoms with E-state index in [2.05, 4.69) is 4.98 Å². The highest BCUT2D eigenvalue weighted by atomic mass is 16.5. The molecule has 1 aromatic heterocycles. The molecule has 3 rings (SSSR count). The maximum atomic E-state index is 12.2. The van der Waals surface area contributed by atoms with Gasteiger partial charge < -0.3 is 14.8 Å². The third-order valence-corrected chi connectivity index (χ3v) is 3.97. The first-order valence-electron chi connectivity index (χ1n) is 7.32. The quantitative estimate of drug-likeness (QED) is 0.672. The summed E-state index contributed by atoms with van der Waals surface area (Å²) in [5.74, 6) is -1.56. The van der Waals surface area contributed by atoms with Gasteiger partial charge >= 0.3 is 11.9 Å². The van der Waals surface area contributed by atoms with E-state index in [1.165, 1.54) is 5.56 Å². The molecule has 22 heavy (non-hydrogen) atoms. The fourth-order valence-corrected chi connectivity index (χ4v) is 3.08. The number of aryl methyl sites for hydroxylation is 1. The zero-order chi connectivity index (χ0) is 15.7. The van der Waals surface area contributed by atoms with Gasteiger partial charge in [0.25, 0.3) is 0 Å². The molecular weight excluding hydrogens is 282 g/mol. The number of ether oxygens (including phenoxy) is 1. The molecule has 2 N–H and O–H groups in total. The van der Waals surface area contributed by atoms with Gasteiger partial charge in [0.2, 0.25) is 0 Å². The monoisotopic (exact) mass is 299 g/mol. The van der Waals surface area contributed by atoms with E-state index in [1.54, 1.807) is 6.92 Å². The second-order valence-corrected chi connectivity index (χ2v) is 5.29. The van der Waals surface area contributed by atoms with Crippen molar-refractivity contribution in [1.82, 2.24) is 4.98 Å². The van der Waals surface area contributed by atoms with Gasteiger partial charge in [0.15, 0.2) is 0 Å². The first kappa shape index (κ1) is 14.4. The minimum atomic E-state index is -1.03. The van der Waals surface area contributed by atoms with Crippen LogP contribution in [0.25, 0.3) is 16.5 Å². The Kier molecular flexibility index (Phi) is 3.71. The SMILES string of the molecule is CCOC(=O)/C(CC(=O)O)=C1/CCc2c[nH]c3cccc1c23. The van der Waals surface area contributed by atoms with Crippen LogP contribution >= 0.6 is 0 Å². The van der Waals surface area contributed by atoms with Crippen molar-refractivity contribution < 1.29 is 19.4 Å². The fraction of sp³-hybridized carbons (Fsp3) is 0.294. The molecule has 0 spiro atoms. The standard InChI is InChI=1S/C17H17NO4/c1-2-22-17(21)13(8-15(19)20)11-7-6-10-9-18-14-5-3-4-12(11)16(10)14/h3-5,9,18H,2,6-8H2,1H3,(H,19,20)/b13-11-. The summed E-state index contributed by atoms with van der Waals surface area (Å²) in [6.45, 7) is 1.95. The third-order valence-electron chi connectivity index (χ3n) is 3.97. The molecule has 0 radical (unpaired) electrons. The summed E-state index contributed by atoms with van der Waals surface area (Å²) in [5, 5.41) is 10.2. The summed E-state index contributed by atoms with van der Waals surface area (Å²) in [5.41, 5.74) is 4.19. The smallest absolute Gasteiger partial charge is 0.334 e. The molecule has 1 heterocycles. The van der Waals surface area contributed by atoms with E-state index in [-0.39, 0.29) is 18.6 Å². The lowest BCUT2D eigenvalue weighted by molar-refractivity contribution is -0.142. The van der Waals surface area contributed by atoms with Gasteiger partial charge in [-0.05, 0) is 42.5 Å². The van der Waals surface area contributed by atoms with Crippen LogP contribution in [-0.4, -0.2) is 28.6 Å². The highest BCUT2D eigenvalue weighted by Gasteiger charge is 2.25. The van der Waals surface area contributed by atoms with Crippen LogP contribution < -0.4 is 0 Å². The van der Waals surface area contributed by atoms with Crippen LogP contribution in [0.2, 0.25) is 0 Å². The fourth-order valence-electron chi connectivity index (χ4n) is 3.08. The molecule has 5 heteroatoms. The third kappa shape index (κ3) is 2.39. The Bertz CT molecular complexity index is 785. The first-order chi connectivity index (χ1) is 10.6. The van der Waals surface area contributed by atoms with Gasteiger partial charge in [0.1, 0.15) is 0 Å².